The Kier molecular flexibility index (Phi) is 5.04. The molecule has 3 heteroatoms. The van der Waals surface area contributed by atoms with Gasteiger partial charge in [-0.2, -0.15) is 0 Å². The average Bonchev–Trinajstić information content (AvgIpc) is 3.09. The number of halogens is 1. The van der Waals surface area contributed by atoms with Crippen LogP contribution in [0.15, 0.2) is 24.3 Å². The molecule has 1 saturated carbocycles. The van der Waals surface area contributed by atoms with Crippen LogP contribution in [-0.4, -0.2) is 31.1 Å². The van der Waals surface area contributed by atoms with Gasteiger partial charge in [-0.3, -0.25) is 0 Å². The third-order valence-electron chi connectivity index (χ3n) is 3.30. The summed E-state index contributed by atoms with van der Waals surface area (Å²) in [5, 5.41) is 4.41. The number of hydrogen-bond donors (Lipinski definition) is 1. The van der Waals surface area contributed by atoms with Crippen molar-refractivity contribution in [1.29, 1.82) is 0 Å². The molecule has 2 rings (SSSR count). The van der Waals surface area contributed by atoms with Gasteiger partial charge in [-0.05, 0) is 50.0 Å². The van der Waals surface area contributed by atoms with Crippen molar-refractivity contribution in [3.05, 3.63) is 34.9 Å². The van der Waals surface area contributed by atoms with Crippen LogP contribution in [0.2, 0.25) is 5.02 Å². The number of rotatable bonds is 7. The number of benzene rings is 1. The molecule has 1 unspecified atom stereocenters. The van der Waals surface area contributed by atoms with E-state index >= 15 is 0 Å². The van der Waals surface area contributed by atoms with Gasteiger partial charge in [-0.25, -0.2) is 0 Å². The highest BCUT2D eigenvalue weighted by Crippen LogP contribution is 2.19. The minimum Gasteiger partial charge on any atom is -0.314 e. The van der Waals surface area contributed by atoms with Gasteiger partial charge in [0, 0.05) is 24.2 Å². The molecule has 1 aliphatic carbocycles. The molecule has 0 spiro atoms. The third-order valence-corrected chi connectivity index (χ3v) is 3.53. The van der Waals surface area contributed by atoms with E-state index in [-0.39, 0.29) is 0 Å². The van der Waals surface area contributed by atoms with Crippen LogP contribution in [0.25, 0.3) is 0 Å². The molecule has 0 aromatic heterocycles. The molecule has 2 nitrogen and oxygen atoms in total. The quantitative estimate of drug-likeness (QED) is 0.816. The van der Waals surface area contributed by atoms with Crippen LogP contribution < -0.4 is 5.32 Å². The lowest BCUT2D eigenvalue weighted by Gasteiger charge is -2.21. The van der Waals surface area contributed by atoms with E-state index < -0.39 is 0 Å². The summed E-state index contributed by atoms with van der Waals surface area (Å²) in [6.07, 6.45) is 2.73. The highest BCUT2D eigenvalue weighted by molar-refractivity contribution is 6.30. The van der Waals surface area contributed by atoms with Gasteiger partial charge < -0.3 is 10.2 Å². The van der Waals surface area contributed by atoms with E-state index in [2.05, 4.69) is 30.3 Å². The maximum atomic E-state index is 6.00. The first-order valence-electron chi connectivity index (χ1n) is 6.80. The van der Waals surface area contributed by atoms with Crippen molar-refractivity contribution in [2.75, 3.05) is 20.1 Å². The topological polar surface area (TPSA) is 15.3 Å². The molecular weight excluding hydrogens is 244 g/mol. The zero-order chi connectivity index (χ0) is 13.0. The van der Waals surface area contributed by atoms with Crippen molar-refractivity contribution in [3.8, 4) is 0 Å². The highest BCUT2D eigenvalue weighted by atomic mass is 35.5. The van der Waals surface area contributed by atoms with E-state index in [1.807, 2.05) is 18.2 Å². The first kappa shape index (κ1) is 13.9. The first-order valence-corrected chi connectivity index (χ1v) is 7.17. The molecule has 1 aliphatic rings. The van der Waals surface area contributed by atoms with Crippen LogP contribution in [0.4, 0.5) is 0 Å². The van der Waals surface area contributed by atoms with Crippen molar-refractivity contribution in [1.82, 2.24) is 10.2 Å². The number of nitrogens with one attached hydrogen (secondary N) is 1. The SMILES string of the molecule is CC(CNC1CC1)CN(C)Cc1cccc(Cl)c1. The largest absolute Gasteiger partial charge is 0.314 e. The maximum Gasteiger partial charge on any atom is 0.0409 e. The molecule has 18 heavy (non-hydrogen) atoms. The predicted octanol–water partition coefficient (Wildman–Crippen LogP) is 3.16. The summed E-state index contributed by atoms with van der Waals surface area (Å²) in [7, 11) is 2.18. The Bertz CT molecular complexity index is 377. The standard InChI is InChI=1S/C15H23ClN2/c1-12(9-17-15-6-7-15)10-18(2)11-13-4-3-5-14(16)8-13/h3-5,8,12,15,17H,6-7,9-11H2,1-2H3. The number of hydrogen-bond acceptors (Lipinski definition) is 2. The summed E-state index contributed by atoms with van der Waals surface area (Å²) in [5.74, 6) is 0.690. The second kappa shape index (κ2) is 6.55. The Labute approximate surface area is 115 Å². The summed E-state index contributed by atoms with van der Waals surface area (Å²) < 4.78 is 0. The lowest BCUT2D eigenvalue weighted by Crippen LogP contribution is -2.31. The zero-order valence-corrected chi connectivity index (χ0v) is 12.1. The first-order chi connectivity index (χ1) is 8.63. The van der Waals surface area contributed by atoms with E-state index in [9.17, 15) is 0 Å². The Balaban J connectivity index is 1.71. The van der Waals surface area contributed by atoms with Crippen LogP contribution in [0.5, 0.6) is 0 Å². The fraction of sp³-hybridized carbons (Fsp3) is 0.600. The van der Waals surface area contributed by atoms with Crippen molar-refractivity contribution >= 4 is 11.6 Å². The third kappa shape index (κ3) is 4.97. The van der Waals surface area contributed by atoms with Gasteiger partial charge in [0.15, 0.2) is 0 Å². The van der Waals surface area contributed by atoms with Crippen LogP contribution in [0, 0.1) is 5.92 Å². The molecule has 0 radical (unpaired) electrons. The summed E-state index contributed by atoms with van der Waals surface area (Å²) in [5.41, 5.74) is 1.28. The van der Waals surface area contributed by atoms with Gasteiger partial charge in [0.1, 0.15) is 0 Å². The monoisotopic (exact) mass is 266 g/mol. The van der Waals surface area contributed by atoms with Gasteiger partial charge >= 0.3 is 0 Å². The minimum atomic E-state index is 0.690. The van der Waals surface area contributed by atoms with E-state index in [0.29, 0.717) is 5.92 Å². The molecule has 100 valence electrons. The van der Waals surface area contributed by atoms with Gasteiger partial charge in [-0.15, -0.1) is 0 Å². The molecular formula is C15H23ClN2. The second-order valence-electron chi connectivity index (χ2n) is 5.61. The minimum absolute atomic E-state index is 0.690. The Morgan fingerprint density at radius 1 is 1.44 bits per heavy atom. The zero-order valence-electron chi connectivity index (χ0n) is 11.3. The van der Waals surface area contributed by atoms with Crippen LogP contribution in [-0.2, 0) is 6.54 Å². The van der Waals surface area contributed by atoms with Crippen LogP contribution >= 0.6 is 11.6 Å². The van der Waals surface area contributed by atoms with E-state index in [1.165, 1.54) is 18.4 Å². The molecule has 0 heterocycles. The van der Waals surface area contributed by atoms with E-state index in [0.717, 1.165) is 30.7 Å². The summed E-state index contributed by atoms with van der Waals surface area (Å²) in [6.45, 7) is 5.52. The van der Waals surface area contributed by atoms with Crippen molar-refractivity contribution in [2.24, 2.45) is 5.92 Å². The van der Waals surface area contributed by atoms with Gasteiger partial charge in [0.05, 0.1) is 0 Å². The highest BCUT2D eigenvalue weighted by Gasteiger charge is 2.21. The molecule has 1 aromatic carbocycles. The normalized spacial score (nSPS) is 17.1. The molecule has 0 saturated heterocycles. The summed E-state index contributed by atoms with van der Waals surface area (Å²) >= 11 is 6.00. The van der Waals surface area contributed by atoms with E-state index in [4.69, 9.17) is 11.6 Å². The fourth-order valence-corrected chi connectivity index (χ4v) is 2.48. The predicted molar refractivity (Wildman–Crippen MR) is 78.0 cm³/mol. The molecule has 1 atom stereocenters. The summed E-state index contributed by atoms with van der Waals surface area (Å²) in [6, 6.07) is 8.93. The number of nitrogens with zero attached hydrogens (tertiary/aromatic N) is 1. The smallest absolute Gasteiger partial charge is 0.0409 e. The molecule has 0 aliphatic heterocycles. The van der Waals surface area contributed by atoms with Crippen molar-refractivity contribution in [3.63, 3.8) is 0 Å². The van der Waals surface area contributed by atoms with Gasteiger partial charge in [-0.1, -0.05) is 30.7 Å². The molecule has 1 fully saturated rings. The summed E-state index contributed by atoms with van der Waals surface area (Å²) in [4.78, 5) is 2.37. The molecule has 1 N–H and O–H groups in total. The Morgan fingerprint density at radius 3 is 2.89 bits per heavy atom. The average molecular weight is 267 g/mol. The maximum absolute atomic E-state index is 6.00. The van der Waals surface area contributed by atoms with Crippen molar-refractivity contribution < 1.29 is 0 Å². The van der Waals surface area contributed by atoms with Gasteiger partial charge in [0.2, 0.25) is 0 Å². The van der Waals surface area contributed by atoms with E-state index in [1.54, 1.807) is 0 Å². The van der Waals surface area contributed by atoms with Crippen LogP contribution in [0.3, 0.4) is 0 Å². The lowest BCUT2D eigenvalue weighted by molar-refractivity contribution is 0.273. The Morgan fingerprint density at radius 2 is 2.22 bits per heavy atom. The van der Waals surface area contributed by atoms with Gasteiger partial charge in [0.25, 0.3) is 0 Å². The van der Waals surface area contributed by atoms with Crippen molar-refractivity contribution in [2.45, 2.75) is 32.4 Å². The Hall–Kier alpha value is -0.570. The molecule has 0 amide bonds. The molecule has 0 bridgehead atoms. The fourth-order valence-electron chi connectivity index (χ4n) is 2.26. The second-order valence-corrected chi connectivity index (χ2v) is 6.05. The van der Waals surface area contributed by atoms with Crippen LogP contribution in [0.1, 0.15) is 25.3 Å². The lowest BCUT2D eigenvalue weighted by atomic mass is 10.1. The molecule has 1 aromatic rings.